The highest BCUT2D eigenvalue weighted by molar-refractivity contribution is 6.30. The van der Waals surface area contributed by atoms with Crippen LogP contribution in [0.3, 0.4) is 0 Å². The molecule has 1 heterocycles. The Morgan fingerprint density at radius 1 is 0.895 bits per heavy atom. The molecule has 2 aromatic carbocycles. The molecule has 1 nitrogen and oxygen atoms in total. The number of aromatic nitrogens is 1. The first-order valence-electron chi connectivity index (χ1n) is 5.94. The summed E-state index contributed by atoms with van der Waals surface area (Å²) >= 11 is 5.94. The van der Waals surface area contributed by atoms with Gasteiger partial charge in [0.2, 0.25) is 0 Å². The number of halogens is 1. The minimum Gasteiger partial charge on any atom is -0.256 e. The van der Waals surface area contributed by atoms with Crippen LogP contribution in [0.25, 0.3) is 10.9 Å². The highest BCUT2D eigenvalue weighted by Crippen LogP contribution is 2.15. The van der Waals surface area contributed by atoms with Crippen LogP contribution in [0.4, 0.5) is 0 Å². The molecule has 1 aromatic heterocycles. The van der Waals surface area contributed by atoms with Gasteiger partial charge in [0.1, 0.15) is 0 Å². The van der Waals surface area contributed by atoms with Crippen molar-refractivity contribution in [3.63, 3.8) is 0 Å². The summed E-state index contributed by atoms with van der Waals surface area (Å²) in [6, 6.07) is 17.5. The van der Waals surface area contributed by atoms with Gasteiger partial charge >= 0.3 is 0 Å². The van der Waals surface area contributed by atoms with E-state index in [1.807, 2.05) is 54.6 Å². The second-order valence-corrected chi connectivity index (χ2v) is 4.57. The summed E-state index contributed by atoms with van der Waals surface area (Å²) in [5.74, 6) is 6.31. The Hall–Kier alpha value is -2.30. The fourth-order valence-electron chi connectivity index (χ4n) is 1.91. The van der Waals surface area contributed by atoms with Crippen molar-refractivity contribution in [3.05, 3.63) is 76.9 Å². The molecule has 0 unspecified atom stereocenters. The first-order chi connectivity index (χ1) is 9.33. The van der Waals surface area contributed by atoms with Gasteiger partial charge in [0.25, 0.3) is 0 Å². The van der Waals surface area contributed by atoms with Gasteiger partial charge < -0.3 is 0 Å². The predicted octanol–water partition coefficient (Wildman–Crippen LogP) is 4.29. The third-order valence-electron chi connectivity index (χ3n) is 2.82. The number of para-hydroxylation sites is 1. The molecular weight excluding hydrogens is 254 g/mol. The fraction of sp³-hybridized carbons (Fsp3) is 0. The average molecular weight is 264 g/mol. The molecule has 3 aromatic rings. The van der Waals surface area contributed by atoms with Gasteiger partial charge in [0.15, 0.2) is 0 Å². The molecule has 0 bridgehead atoms. The average Bonchev–Trinajstić information content (AvgIpc) is 2.45. The smallest absolute Gasteiger partial charge is 0.0714 e. The molecule has 0 saturated heterocycles. The molecule has 0 N–H and O–H groups in total. The van der Waals surface area contributed by atoms with Crippen LogP contribution < -0.4 is 0 Å². The minimum absolute atomic E-state index is 0.700. The lowest BCUT2D eigenvalue weighted by molar-refractivity contribution is 1.40. The summed E-state index contributed by atoms with van der Waals surface area (Å²) in [5, 5.41) is 1.77. The topological polar surface area (TPSA) is 12.9 Å². The summed E-state index contributed by atoms with van der Waals surface area (Å²) in [5.41, 5.74) is 2.85. The standard InChI is InChI=1S/C17H10ClN/c18-15-5-3-4-13(12-15)8-9-14-10-11-19-17-7-2-1-6-16(14)17/h1-7,10-12H. The Bertz CT molecular complexity index is 791. The monoisotopic (exact) mass is 263 g/mol. The van der Waals surface area contributed by atoms with Crippen LogP contribution in [-0.2, 0) is 0 Å². The third kappa shape index (κ3) is 2.59. The van der Waals surface area contributed by atoms with Gasteiger partial charge in [-0.1, -0.05) is 47.7 Å². The van der Waals surface area contributed by atoms with Gasteiger partial charge in [-0.05, 0) is 30.3 Å². The Morgan fingerprint density at radius 2 is 1.79 bits per heavy atom. The van der Waals surface area contributed by atoms with Crippen LogP contribution in [0, 0.1) is 11.8 Å². The van der Waals surface area contributed by atoms with E-state index in [0.717, 1.165) is 22.0 Å². The lowest BCUT2D eigenvalue weighted by Crippen LogP contribution is -1.83. The third-order valence-corrected chi connectivity index (χ3v) is 3.05. The Kier molecular flexibility index (Phi) is 3.18. The first-order valence-corrected chi connectivity index (χ1v) is 6.32. The molecule has 0 amide bonds. The SMILES string of the molecule is Clc1cccc(C#Cc2ccnc3ccccc23)c1. The summed E-state index contributed by atoms with van der Waals surface area (Å²) in [6.07, 6.45) is 1.78. The van der Waals surface area contributed by atoms with E-state index in [1.54, 1.807) is 6.20 Å². The number of fused-ring (bicyclic) bond motifs is 1. The number of benzene rings is 2. The molecule has 0 saturated carbocycles. The Labute approximate surface area is 116 Å². The molecule has 90 valence electrons. The minimum atomic E-state index is 0.700. The number of rotatable bonds is 0. The molecule has 0 atom stereocenters. The maximum Gasteiger partial charge on any atom is 0.0714 e. The second-order valence-electron chi connectivity index (χ2n) is 4.14. The van der Waals surface area contributed by atoms with Crippen molar-refractivity contribution in [2.45, 2.75) is 0 Å². The molecule has 0 aliphatic rings. The van der Waals surface area contributed by atoms with Crippen LogP contribution in [-0.4, -0.2) is 4.98 Å². The predicted molar refractivity (Wildman–Crippen MR) is 79.2 cm³/mol. The van der Waals surface area contributed by atoms with Crippen LogP contribution in [0.5, 0.6) is 0 Å². The van der Waals surface area contributed by atoms with Crippen molar-refractivity contribution in [3.8, 4) is 11.8 Å². The van der Waals surface area contributed by atoms with Crippen LogP contribution in [0.1, 0.15) is 11.1 Å². The van der Waals surface area contributed by atoms with E-state index in [0.29, 0.717) is 5.02 Å². The van der Waals surface area contributed by atoms with E-state index in [9.17, 15) is 0 Å². The molecule has 0 aliphatic carbocycles. The number of hydrogen-bond donors (Lipinski definition) is 0. The zero-order chi connectivity index (χ0) is 13.1. The number of pyridine rings is 1. The second kappa shape index (κ2) is 5.14. The van der Waals surface area contributed by atoms with E-state index >= 15 is 0 Å². The zero-order valence-corrected chi connectivity index (χ0v) is 10.9. The van der Waals surface area contributed by atoms with Gasteiger partial charge in [-0.25, -0.2) is 0 Å². The Morgan fingerprint density at radius 3 is 2.68 bits per heavy atom. The van der Waals surface area contributed by atoms with Crippen LogP contribution >= 0.6 is 11.6 Å². The van der Waals surface area contributed by atoms with E-state index in [-0.39, 0.29) is 0 Å². The highest BCUT2D eigenvalue weighted by atomic mass is 35.5. The number of hydrogen-bond acceptors (Lipinski definition) is 1. The summed E-state index contributed by atoms with van der Waals surface area (Å²) in [6.45, 7) is 0. The number of nitrogens with zero attached hydrogens (tertiary/aromatic N) is 1. The summed E-state index contributed by atoms with van der Waals surface area (Å²) in [4.78, 5) is 4.32. The van der Waals surface area contributed by atoms with Gasteiger partial charge in [-0.15, -0.1) is 0 Å². The fourth-order valence-corrected chi connectivity index (χ4v) is 2.10. The summed E-state index contributed by atoms with van der Waals surface area (Å²) < 4.78 is 0. The van der Waals surface area contributed by atoms with Crippen LogP contribution in [0.15, 0.2) is 60.8 Å². The quantitative estimate of drug-likeness (QED) is 0.552. The van der Waals surface area contributed by atoms with Gasteiger partial charge in [-0.3, -0.25) is 4.98 Å². The van der Waals surface area contributed by atoms with Crippen molar-refractivity contribution < 1.29 is 0 Å². The molecule has 2 heteroatoms. The van der Waals surface area contributed by atoms with Gasteiger partial charge in [0, 0.05) is 27.7 Å². The van der Waals surface area contributed by atoms with E-state index in [2.05, 4.69) is 16.8 Å². The zero-order valence-electron chi connectivity index (χ0n) is 10.1. The molecule has 0 spiro atoms. The lowest BCUT2D eigenvalue weighted by atomic mass is 10.1. The van der Waals surface area contributed by atoms with E-state index in [1.165, 1.54) is 0 Å². The maximum absolute atomic E-state index is 5.94. The molecule has 3 rings (SSSR count). The van der Waals surface area contributed by atoms with Crippen molar-refractivity contribution in [2.75, 3.05) is 0 Å². The largest absolute Gasteiger partial charge is 0.256 e. The van der Waals surface area contributed by atoms with E-state index < -0.39 is 0 Å². The van der Waals surface area contributed by atoms with E-state index in [4.69, 9.17) is 11.6 Å². The molecule has 0 fully saturated rings. The molecule has 0 aliphatic heterocycles. The summed E-state index contributed by atoms with van der Waals surface area (Å²) in [7, 11) is 0. The van der Waals surface area contributed by atoms with Crippen molar-refractivity contribution in [1.82, 2.24) is 4.98 Å². The van der Waals surface area contributed by atoms with Crippen molar-refractivity contribution >= 4 is 22.5 Å². The first kappa shape index (κ1) is 11.8. The highest BCUT2D eigenvalue weighted by Gasteiger charge is 1.97. The molecule has 19 heavy (non-hydrogen) atoms. The molecule has 0 radical (unpaired) electrons. The normalized spacial score (nSPS) is 9.95. The Balaban J connectivity index is 2.07. The lowest BCUT2D eigenvalue weighted by Gasteiger charge is -1.98. The van der Waals surface area contributed by atoms with Crippen molar-refractivity contribution in [1.29, 1.82) is 0 Å². The maximum atomic E-state index is 5.94. The van der Waals surface area contributed by atoms with Gasteiger partial charge in [0.05, 0.1) is 5.52 Å². The van der Waals surface area contributed by atoms with Crippen LogP contribution in [0.2, 0.25) is 5.02 Å². The molecular formula is C17H10ClN. The van der Waals surface area contributed by atoms with Gasteiger partial charge in [-0.2, -0.15) is 0 Å². The van der Waals surface area contributed by atoms with Crippen molar-refractivity contribution in [2.24, 2.45) is 0 Å².